The predicted molar refractivity (Wildman–Crippen MR) is 204 cm³/mol. The summed E-state index contributed by atoms with van der Waals surface area (Å²) in [4.78, 5) is 92.6. The first-order chi connectivity index (χ1) is 27.5. The van der Waals surface area contributed by atoms with Crippen molar-refractivity contribution in [1.82, 2.24) is 19.1 Å². The number of imidazole rings is 1. The van der Waals surface area contributed by atoms with E-state index in [0.29, 0.717) is 14.4 Å². The van der Waals surface area contributed by atoms with E-state index in [1.165, 1.54) is 36.4 Å². The lowest BCUT2D eigenvalue weighted by Gasteiger charge is -2.25. The van der Waals surface area contributed by atoms with Crippen LogP contribution in [-0.2, 0) is 23.8 Å². The lowest BCUT2D eigenvalue weighted by Crippen LogP contribution is -2.43. The number of nitrogens with zero attached hydrogens (tertiary/aromatic N) is 5. The third kappa shape index (κ3) is 7.85. The number of imide groups is 1. The molecule has 57 heavy (non-hydrogen) atoms. The van der Waals surface area contributed by atoms with Crippen LogP contribution in [0.1, 0.15) is 51.1 Å². The standard InChI is InChI=1S/C41H32FN5O9S/c1-24(48)54-31-32(34(42)57-29-21-13-6-14-22-29)56-40(33(31)55-25(2)49)45-23-43-30-35(45)44-41(47(39(30)53)38(52)28-19-11-5-12-20-28)46(36(50)26-15-7-3-8-16-26)37(51)27-17-9-4-10-18-27/h3-23,31-34,40H,1-2H3/t31-,32+,33-,34-,40-/m1/s1. The quantitative estimate of drug-likeness (QED) is 0.0956. The minimum Gasteiger partial charge on any atom is -0.455 e. The van der Waals surface area contributed by atoms with Gasteiger partial charge >= 0.3 is 11.9 Å². The lowest BCUT2D eigenvalue weighted by atomic mass is 10.1. The Hall–Kier alpha value is -6.78. The first-order valence-electron chi connectivity index (χ1n) is 17.5. The Morgan fingerprint density at radius 3 is 1.75 bits per heavy atom. The summed E-state index contributed by atoms with van der Waals surface area (Å²) >= 11 is 0.773. The molecule has 288 valence electrons. The van der Waals surface area contributed by atoms with E-state index in [2.05, 4.69) is 9.97 Å². The molecular formula is C41H32FN5O9S. The summed E-state index contributed by atoms with van der Waals surface area (Å²) in [5.74, 6) is -5.16. The number of thioether (sulfide) groups is 1. The van der Waals surface area contributed by atoms with Gasteiger partial charge in [-0.25, -0.2) is 18.8 Å². The molecule has 0 unspecified atom stereocenters. The monoisotopic (exact) mass is 789 g/mol. The largest absolute Gasteiger partial charge is 0.455 e. The molecule has 0 saturated carbocycles. The van der Waals surface area contributed by atoms with Gasteiger partial charge in [0.15, 0.2) is 35.1 Å². The zero-order chi connectivity index (χ0) is 40.2. The molecule has 2 amide bonds. The van der Waals surface area contributed by atoms with E-state index < -0.39 is 76.7 Å². The van der Waals surface area contributed by atoms with E-state index in [1.54, 1.807) is 84.9 Å². The number of alkyl halides is 1. The van der Waals surface area contributed by atoms with Gasteiger partial charge in [0, 0.05) is 35.4 Å². The van der Waals surface area contributed by atoms with Gasteiger partial charge in [-0.1, -0.05) is 84.6 Å². The molecule has 0 bridgehead atoms. The van der Waals surface area contributed by atoms with Crippen LogP contribution in [0.15, 0.2) is 137 Å². The van der Waals surface area contributed by atoms with Crippen molar-refractivity contribution in [2.75, 3.05) is 4.90 Å². The highest BCUT2D eigenvalue weighted by atomic mass is 32.2. The van der Waals surface area contributed by atoms with Crippen LogP contribution in [0.5, 0.6) is 0 Å². The van der Waals surface area contributed by atoms with Crippen molar-refractivity contribution in [1.29, 1.82) is 0 Å². The van der Waals surface area contributed by atoms with Crippen molar-refractivity contribution in [3.63, 3.8) is 0 Å². The minimum absolute atomic E-state index is 0.0201. The number of anilines is 1. The van der Waals surface area contributed by atoms with Gasteiger partial charge in [-0.3, -0.25) is 33.3 Å². The Morgan fingerprint density at radius 2 is 1.23 bits per heavy atom. The number of ether oxygens (including phenoxy) is 3. The van der Waals surface area contributed by atoms with Crippen LogP contribution in [-0.4, -0.2) is 72.6 Å². The Kier molecular flexibility index (Phi) is 11.2. The van der Waals surface area contributed by atoms with Crippen molar-refractivity contribution in [2.24, 2.45) is 0 Å². The van der Waals surface area contributed by atoms with Crippen molar-refractivity contribution in [3.05, 3.63) is 155 Å². The Morgan fingerprint density at radius 1 is 0.737 bits per heavy atom. The van der Waals surface area contributed by atoms with Crippen LogP contribution in [0.3, 0.4) is 0 Å². The van der Waals surface area contributed by atoms with Gasteiger partial charge in [-0.2, -0.15) is 4.98 Å². The zero-order valence-corrected chi connectivity index (χ0v) is 31.0. The molecule has 0 aliphatic carbocycles. The molecule has 0 radical (unpaired) electrons. The van der Waals surface area contributed by atoms with Crippen molar-refractivity contribution < 1.29 is 42.6 Å². The Bertz CT molecular complexity index is 2470. The van der Waals surface area contributed by atoms with Gasteiger partial charge in [0.05, 0.1) is 6.33 Å². The topological polar surface area (TPSA) is 169 Å². The SMILES string of the molecule is CC(=O)O[C@H]1[C@@H](OC(C)=O)[C@H](n2cnc3c(=O)n(C(=O)c4ccccc4)c(N(C(=O)c4ccccc4)C(=O)c4ccccc4)nc32)O[C@@H]1[C@H](F)Sc1ccccc1. The summed E-state index contributed by atoms with van der Waals surface area (Å²) in [5, 5.41) is 0. The molecule has 0 spiro atoms. The second kappa shape index (κ2) is 16.5. The van der Waals surface area contributed by atoms with E-state index in [1.807, 2.05) is 0 Å². The fraction of sp³-hybridized carbons (Fsp3) is 0.171. The third-order valence-corrected chi connectivity index (χ3v) is 9.84. The highest BCUT2D eigenvalue weighted by Crippen LogP contribution is 2.41. The molecular weight excluding hydrogens is 758 g/mol. The van der Waals surface area contributed by atoms with Crippen LogP contribution in [0, 0.1) is 0 Å². The van der Waals surface area contributed by atoms with Crippen LogP contribution < -0.4 is 10.5 Å². The molecule has 6 aromatic rings. The molecule has 1 aliphatic rings. The number of rotatable bonds is 10. The fourth-order valence-corrected chi connectivity index (χ4v) is 7.25. The highest BCUT2D eigenvalue weighted by molar-refractivity contribution is 7.99. The van der Waals surface area contributed by atoms with E-state index in [-0.39, 0.29) is 22.3 Å². The molecule has 3 heterocycles. The summed E-state index contributed by atoms with van der Waals surface area (Å²) < 4.78 is 35.3. The average molecular weight is 790 g/mol. The predicted octanol–water partition coefficient (Wildman–Crippen LogP) is 5.62. The third-order valence-electron chi connectivity index (χ3n) is 8.80. The number of aromatic nitrogens is 4. The number of halogens is 1. The van der Waals surface area contributed by atoms with Gasteiger partial charge in [0.25, 0.3) is 23.3 Å². The van der Waals surface area contributed by atoms with Gasteiger partial charge in [0.1, 0.15) is 6.10 Å². The molecule has 4 aromatic carbocycles. The van der Waals surface area contributed by atoms with Gasteiger partial charge in [-0.05, 0) is 48.5 Å². The number of amides is 2. The first-order valence-corrected chi connectivity index (χ1v) is 18.4. The van der Waals surface area contributed by atoms with Crippen LogP contribution in [0.2, 0.25) is 0 Å². The fourth-order valence-electron chi connectivity index (χ4n) is 6.32. The Labute approximate surface area is 327 Å². The summed E-state index contributed by atoms with van der Waals surface area (Å²) in [6.07, 6.45) is -5.01. The molecule has 2 aromatic heterocycles. The van der Waals surface area contributed by atoms with Crippen LogP contribution >= 0.6 is 11.8 Å². The second-order valence-corrected chi connectivity index (χ2v) is 13.8. The van der Waals surface area contributed by atoms with E-state index >= 15 is 4.39 Å². The van der Waals surface area contributed by atoms with E-state index in [0.717, 1.165) is 36.5 Å². The summed E-state index contributed by atoms with van der Waals surface area (Å²) in [7, 11) is 0. The minimum atomic E-state index is -1.89. The van der Waals surface area contributed by atoms with Crippen molar-refractivity contribution in [2.45, 2.75) is 48.8 Å². The number of esters is 2. The molecule has 7 rings (SSSR count). The number of hydrogen-bond acceptors (Lipinski definition) is 12. The number of carbonyl (C=O) groups excluding carboxylic acids is 5. The summed E-state index contributed by atoms with van der Waals surface area (Å²) in [5.41, 5.74) is -3.66. The molecule has 5 atom stereocenters. The van der Waals surface area contributed by atoms with Crippen molar-refractivity contribution >= 4 is 58.5 Å². The number of carbonyl (C=O) groups is 5. The lowest BCUT2D eigenvalue weighted by molar-refractivity contribution is -0.165. The molecule has 1 saturated heterocycles. The highest BCUT2D eigenvalue weighted by Gasteiger charge is 2.54. The van der Waals surface area contributed by atoms with E-state index in [4.69, 9.17) is 14.2 Å². The van der Waals surface area contributed by atoms with Crippen LogP contribution in [0.25, 0.3) is 11.2 Å². The van der Waals surface area contributed by atoms with Gasteiger partial charge in [0.2, 0.25) is 5.95 Å². The molecule has 14 nitrogen and oxygen atoms in total. The number of hydrogen-bond donors (Lipinski definition) is 0. The molecule has 1 aliphatic heterocycles. The number of fused-ring (bicyclic) bond motifs is 1. The normalized spacial score (nSPS) is 18.1. The Balaban J connectivity index is 1.44. The summed E-state index contributed by atoms with van der Waals surface area (Å²) in [6.45, 7) is 2.20. The summed E-state index contributed by atoms with van der Waals surface area (Å²) in [6, 6.07) is 31.6. The maximum atomic E-state index is 16.3. The number of benzene rings is 4. The molecule has 16 heteroatoms. The van der Waals surface area contributed by atoms with E-state index in [9.17, 15) is 28.8 Å². The second-order valence-electron chi connectivity index (χ2n) is 12.6. The maximum Gasteiger partial charge on any atom is 0.303 e. The zero-order valence-electron chi connectivity index (χ0n) is 30.2. The molecule has 0 N–H and O–H groups in total. The van der Waals surface area contributed by atoms with Gasteiger partial charge in [-0.15, -0.1) is 0 Å². The average Bonchev–Trinajstić information content (AvgIpc) is 3.79. The van der Waals surface area contributed by atoms with Gasteiger partial charge < -0.3 is 14.2 Å². The van der Waals surface area contributed by atoms with Crippen LogP contribution in [0.4, 0.5) is 10.3 Å². The first kappa shape index (κ1) is 38.5. The maximum absolute atomic E-state index is 16.3. The van der Waals surface area contributed by atoms with Crippen molar-refractivity contribution in [3.8, 4) is 0 Å². The molecule has 1 fully saturated rings. The smallest absolute Gasteiger partial charge is 0.303 e.